The fourth-order valence-corrected chi connectivity index (χ4v) is 7.70. The van der Waals surface area contributed by atoms with Gasteiger partial charge in [-0.15, -0.1) is 0 Å². The number of nitrogens with zero attached hydrogens (tertiary/aromatic N) is 7. The molecule has 2 N–H and O–H groups in total. The Balaban J connectivity index is 1.14. The highest BCUT2D eigenvalue weighted by Crippen LogP contribution is 2.35. The molecule has 0 aromatic carbocycles. The Labute approximate surface area is 278 Å². The number of anilines is 2. The third kappa shape index (κ3) is 6.78. The molecule has 5 heterocycles. The maximum absolute atomic E-state index is 13.5. The normalized spacial score (nSPS) is 20.0. The lowest BCUT2D eigenvalue weighted by atomic mass is 10.1. The molecule has 3 aliphatic rings. The number of fused-ring (bicyclic) bond motifs is 3. The predicted octanol–water partition coefficient (Wildman–Crippen LogP) is 3.46. The Bertz CT molecular complexity index is 1640. The number of amides is 4. The Kier molecular flexibility index (Phi) is 9.67. The summed E-state index contributed by atoms with van der Waals surface area (Å²) >= 11 is 1.64. The molecule has 3 atom stereocenters. The van der Waals surface area contributed by atoms with Gasteiger partial charge >= 0.3 is 0 Å². The quantitative estimate of drug-likeness (QED) is 0.334. The first-order chi connectivity index (χ1) is 22.6. The van der Waals surface area contributed by atoms with E-state index in [4.69, 9.17) is 4.98 Å². The molecule has 3 aromatic rings. The number of nitrogens with one attached hydrogen (secondary N) is 2. The van der Waals surface area contributed by atoms with Gasteiger partial charge in [-0.3, -0.25) is 19.2 Å². The average Bonchev–Trinajstić information content (AvgIpc) is 3.78. The zero-order valence-corrected chi connectivity index (χ0v) is 28.3. The molecule has 1 aliphatic carbocycles. The lowest BCUT2D eigenvalue weighted by Crippen LogP contribution is -2.61. The molecule has 3 fully saturated rings. The number of carbonyl (C=O) groups is 4. The van der Waals surface area contributed by atoms with Gasteiger partial charge in [0.05, 0.1) is 5.56 Å². The maximum Gasteiger partial charge on any atom is 0.270 e. The zero-order valence-electron chi connectivity index (χ0n) is 27.4. The van der Waals surface area contributed by atoms with E-state index in [1.54, 1.807) is 55.3 Å². The minimum absolute atomic E-state index is 0.0533. The monoisotopic (exact) mass is 661 g/mol. The summed E-state index contributed by atoms with van der Waals surface area (Å²) in [6, 6.07) is 4.85. The second kappa shape index (κ2) is 13.9. The van der Waals surface area contributed by atoms with Crippen LogP contribution in [0.4, 0.5) is 11.8 Å². The van der Waals surface area contributed by atoms with Gasteiger partial charge in [0.2, 0.25) is 17.8 Å². The van der Waals surface area contributed by atoms with Crippen molar-refractivity contribution in [3.63, 3.8) is 0 Å². The molecular formula is C33H43N9O4S. The minimum atomic E-state index is -0.547. The topological polar surface area (TPSA) is 146 Å². The van der Waals surface area contributed by atoms with Crippen molar-refractivity contribution in [1.82, 2.24) is 39.5 Å². The molecule has 47 heavy (non-hydrogen) atoms. The van der Waals surface area contributed by atoms with E-state index in [0.717, 1.165) is 49.7 Å². The van der Waals surface area contributed by atoms with Crippen LogP contribution in [-0.2, 0) is 9.59 Å². The molecule has 2 bridgehead atoms. The number of aromatic nitrogens is 4. The number of pyridine rings is 1. The van der Waals surface area contributed by atoms with Crippen LogP contribution in [0.25, 0.3) is 11.0 Å². The van der Waals surface area contributed by atoms with Crippen LogP contribution >= 0.6 is 11.8 Å². The van der Waals surface area contributed by atoms with Gasteiger partial charge in [-0.05, 0) is 62.3 Å². The Hall–Kier alpha value is -4.20. The van der Waals surface area contributed by atoms with Gasteiger partial charge in [0, 0.05) is 70.0 Å². The van der Waals surface area contributed by atoms with E-state index in [-0.39, 0.29) is 41.8 Å². The second-order valence-electron chi connectivity index (χ2n) is 12.9. The number of thioether (sulfide) groups is 1. The van der Waals surface area contributed by atoms with Crippen molar-refractivity contribution in [2.24, 2.45) is 0 Å². The Morgan fingerprint density at radius 1 is 1.00 bits per heavy atom. The van der Waals surface area contributed by atoms with E-state index in [2.05, 4.69) is 25.2 Å². The number of piperazine rings is 1. The first-order valence-corrected chi connectivity index (χ1v) is 17.7. The molecule has 0 spiro atoms. The van der Waals surface area contributed by atoms with E-state index in [1.807, 2.05) is 22.1 Å². The van der Waals surface area contributed by atoms with Crippen LogP contribution in [0.15, 0.2) is 30.6 Å². The predicted molar refractivity (Wildman–Crippen MR) is 181 cm³/mol. The molecule has 250 valence electrons. The number of hydrogen-bond donors (Lipinski definition) is 2. The highest BCUT2D eigenvalue weighted by Gasteiger charge is 2.45. The summed E-state index contributed by atoms with van der Waals surface area (Å²) in [4.78, 5) is 70.9. The van der Waals surface area contributed by atoms with Gasteiger partial charge in [0.1, 0.15) is 23.2 Å². The summed E-state index contributed by atoms with van der Waals surface area (Å²) in [7, 11) is 3.50. The highest BCUT2D eigenvalue weighted by atomic mass is 32.2. The van der Waals surface area contributed by atoms with Crippen LogP contribution in [0.3, 0.4) is 0 Å². The largest absolute Gasteiger partial charge is 0.345 e. The van der Waals surface area contributed by atoms with E-state index in [9.17, 15) is 19.2 Å². The summed E-state index contributed by atoms with van der Waals surface area (Å²) in [6.07, 6.45) is 11.7. The van der Waals surface area contributed by atoms with E-state index >= 15 is 0 Å². The minimum Gasteiger partial charge on any atom is -0.345 e. The van der Waals surface area contributed by atoms with Crippen molar-refractivity contribution >= 4 is 58.2 Å². The molecule has 2 aliphatic heterocycles. The van der Waals surface area contributed by atoms with Gasteiger partial charge in [0.25, 0.3) is 11.8 Å². The van der Waals surface area contributed by atoms with Gasteiger partial charge in [-0.2, -0.15) is 16.7 Å². The van der Waals surface area contributed by atoms with E-state index < -0.39 is 6.04 Å². The SMILES string of the molecule is CSCC[C@@H](NC(C)=O)C(=O)N1C2CCC1CN(C(=O)c1ccc(Nc3ncc4cc(C(=O)N(C)C)n(C5CCCC5)c4n3)nc1)C2. The molecule has 2 saturated heterocycles. The maximum atomic E-state index is 13.5. The molecule has 14 heteroatoms. The van der Waals surface area contributed by atoms with Crippen molar-refractivity contribution in [2.45, 2.75) is 76.0 Å². The van der Waals surface area contributed by atoms with Gasteiger partial charge in [-0.1, -0.05) is 12.8 Å². The molecule has 3 aromatic heterocycles. The van der Waals surface area contributed by atoms with Crippen LogP contribution in [0.1, 0.15) is 78.8 Å². The summed E-state index contributed by atoms with van der Waals surface area (Å²) in [5.74, 6) is 1.17. The summed E-state index contributed by atoms with van der Waals surface area (Å²) in [6.45, 7) is 2.33. The molecule has 0 radical (unpaired) electrons. The van der Waals surface area contributed by atoms with Crippen LogP contribution in [0.5, 0.6) is 0 Å². The van der Waals surface area contributed by atoms with Crippen molar-refractivity contribution < 1.29 is 19.2 Å². The van der Waals surface area contributed by atoms with Gasteiger partial charge < -0.3 is 29.9 Å². The fourth-order valence-electron chi connectivity index (χ4n) is 7.23. The summed E-state index contributed by atoms with van der Waals surface area (Å²) in [5.41, 5.74) is 1.79. The molecule has 2 unspecified atom stereocenters. The number of likely N-dealkylation sites (tertiary alicyclic amines) is 1. The van der Waals surface area contributed by atoms with Crippen molar-refractivity contribution in [3.05, 3.63) is 41.9 Å². The average molecular weight is 662 g/mol. The second-order valence-corrected chi connectivity index (χ2v) is 13.9. The lowest BCUT2D eigenvalue weighted by Gasteiger charge is -2.42. The van der Waals surface area contributed by atoms with Crippen molar-refractivity contribution in [3.8, 4) is 0 Å². The van der Waals surface area contributed by atoms with Crippen LogP contribution < -0.4 is 10.6 Å². The Morgan fingerprint density at radius 2 is 1.72 bits per heavy atom. The number of rotatable bonds is 10. The Morgan fingerprint density at radius 3 is 2.34 bits per heavy atom. The summed E-state index contributed by atoms with van der Waals surface area (Å²) < 4.78 is 2.07. The summed E-state index contributed by atoms with van der Waals surface area (Å²) in [5, 5.41) is 6.80. The van der Waals surface area contributed by atoms with Crippen LogP contribution in [-0.4, -0.2) is 115 Å². The zero-order chi connectivity index (χ0) is 33.2. The number of carbonyl (C=O) groups excluding carboxylic acids is 4. The van der Waals surface area contributed by atoms with E-state index in [0.29, 0.717) is 48.2 Å². The highest BCUT2D eigenvalue weighted by molar-refractivity contribution is 7.98. The lowest BCUT2D eigenvalue weighted by molar-refractivity contribution is -0.140. The van der Waals surface area contributed by atoms with Crippen LogP contribution in [0, 0.1) is 0 Å². The molecule has 1 saturated carbocycles. The molecular weight excluding hydrogens is 618 g/mol. The first kappa shape index (κ1) is 32.7. The van der Waals surface area contributed by atoms with Crippen molar-refractivity contribution in [1.29, 1.82) is 0 Å². The first-order valence-electron chi connectivity index (χ1n) is 16.3. The van der Waals surface area contributed by atoms with Crippen molar-refractivity contribution in [2.75, 3.05) is 44.5 Å². The third-order valence-corrected chi connectivity index (χ3v) is 10.1. The van der Waals surface area contributed by atoms with Gasteiger partial charge in [-0.25, -0.2) is 9.97 Å². The molecule has 6 rings (SSSR count). The smallest absolute Gasteiger partial charge is 0.270 e. The van der Waals surface area contributed by atoms with Crippen LogP contribution in [0.2, 0.25) is 0 Å². The fraction of sp³-hybridized carbons (Fsp3) is 0.545. The third-order valence-electron chi connectivity index (χ3n) is 9.45. The van der Waals surface area contributed by atoms with E-state index in [1.165, 1.54) is 6.92 Å². The molecule has 4 amide bonds. The standard InChI is InChI=1S/C33H43N9O4S/c1-20(43)36-26(13-14-47-4)31(45)41-24-10-11-25(41)19-40(18-24)30(44)21-9-12-28(34-16-21)37-33-35-17-22-15-27(32(46)39(2)3)42(29(22)38-33)23-7-5-6-8-23/h9,12,15-17,23-26H,5-8,10-11,13-14,18-19H2,1-4H3,(H,36,43)(H,34,35,37,38)/t24?,25?,26-/m1/s1. The molecule has 13 nitrogen and oxygen atoms in total. The van der Waals surface area contributed by atoms with Gasteiger partial charge in [0.15, 0.2) is 0 Å². The number of hydrogen-bond acceptors (Lipinski definition) is 9.